The predicted molar refractivity (Wildman–Crippen MR) is 96.7 cm³/mol. The third-order valence-corrected chi connectivity index (χ3v) is 3.48. The summed E-state index contributed by atoms with van der Waals surface area (Å²) in [7, 11) is 0. The lowest BCUT2D eigenvalue weighted by Crippen LogP contribution is -2.39. The molecule has 0 aliphatic rings. The van der Waals surface area contributed by atoms with Crippen LogP contribution in [0.3, 0.4) is 0 Å². The first-order valence-electron chi connectivity index (χ1n) is 7.37. The van der Waals surface area contributed by atoms with E-state index >= 15 is 0 Å². The summed E-state index contributed by atoms with van der Waals surface area (Å²) in [6.45, 7) is 6.72. The lowest BCUT2D eigenvalue weighted by molar-refractivity contribution is 0.287. The molecule has 0 aliphatic heterocycles. The highest BCUT2D eigenvalue weighted by atomic mass is 32.1. The van der Waals surface area contributed by atoms with E-state index in [1.807, 2.05) is 37.3 Å². The maximum Gasteiger partial charge on any atom is 0.171 e. The molecule has 0 aromatic heterocycles. The van der Waals surface area contributed by atoms with Crippen LogP contribution in [-0.4, -0.2) is 17.8 Å². The van der Waals surface area contributed by atoms with E-state index in [1.165, 1.54) is 11.1 Å². The van der Waals surface area contributed by atoms with Gasteiger partial charge in [0.1, 0.15) is 12.4 Å². The number of hydrogen-bond donors (Lipinski definition) is 2. The van der Waals surface area contributed by atoms with E-state index in [2.05, 4.69) is 42.7 Å². The van der Waals surface area contributed by atoms with Gasteiger partial charge in [0.2, 0.25) is 0 Å². The van der Waals surface area contributed by atoms with E-state index in [4.69, 9.17) is 17.0 Å². The molecule has 0 fully saturated rings. The topological polar surface area (TPSA) is 33.3 Å². The fourth-order valence-electron chi connectivity index (χ4n) is 2.03. The summed E-state index contributed by atoms with van der Waals surface area (Å²) in [6.07, 6.45) is 0. The minimum absolute atomic E-state index is 0.116. The molecule has 0 spiro atoms. The smallest absolute Gasteiger partial charge is 0.171 e. The Bertz CT molecular complexity index is 628. The maximum absolute atomic E-state index is 5.71. The van der Waals surface area contributed by atoms with Crippen molar-refractivity contribution in [3.05, 3.63) is 59.7 Å². The highest BCUT2D eigenvalue weighted by Crippen LogP contribution is 2.16. The van der Waals surface area contributed by atoms with Gasteiger partial charge in [-0.15, -0.1) is 0 Å². The summed E-state index contributed by atoms with van der Waals surface area (Å²) < 4.78 is 5.71. The second-order valence-corrected chi connectivity index (χ2v) is 5.85. The fraction of sp³-hybridized carbons (Fsp3) is 0.278. The SMILES string of the molecule is Cc1ccc(C)c(NC(=S)N[C@@H](C)COc2ccccc2)c1. The molecule has 0 heterocycles. The van der Waals surface area contributed by atoms with Gasteiger partial charge in [-0.25, -0.2) is 0 Å². The van der Waals surface area contributed by atoms with Crippen LogP contribution in [0.5, 0.6) is 5.75 Å². The maximum atomic E-state index is 5.71. The number of aryl methyl sites for hydroxylation is 2. The average Bonchev–Trinajstić information content (AvgIpc) is 2.50. The quantitative estimate of drug-likeness (QED) is 0.816. The highest BCUT2D eigenvalue weighted by molar-refractivity contribution is 7.80. The Balaban J connectivity index is 1.82. The number of anilines is 1. The molecule has 0 unspecified atom stereocenters. The molecule has 0 saturated carbocycles. The molecular weight excluding hydrogens is 292 g/mol. The molecule has 0 aliphatic carbocycles. The van der Waals surface area contributed by atoms with Gasteiger partial charge in [0.15, 0.2) is 5.11 Å². The van der Waals surface area contributed by atoms with Crippen LogP contribution >= 0.6 is 12.2 Å². The molecule has 0 bridgehead atoms. The predicted octanol–water partition coefficient (Wildman–Crippen LogP) is 4.06. The number of thiocarbonyl (C=S) groups is 1. The molecule has 0 saturated heterocycles. The van der Waals surface area contributed by atoms with Gasteiger partial charge in [0.05, 0.1) is 6.04 Å². The van der Waals surface area contributed by atoms with Gasteiger partial charge in [-0.3, -0.25) is 0 Å². The van der Waals surface area contributed by atoms with Crippen molar-refractivity contribution < 1.29 is 4.74 Å². The van der Waals surface area contributed by atoms with Crippen molar-refractivity contribution in [1.29, 1.82) is 0 Å². The molecule has 2 aromatic carbocycles. The minimum atomic E-state index is 0.116. The summed E-state index contributed by atoms with van der Waals surface area (Å²) in [4.78, 5) is 0. The number of rotatable bonds is 5. The second-order valence-electron chi connectivity index (χ2n) is 5.44. The largest absolute Gasteiger partial charge is 0.491 e. The third kappa shape index (κ3) is 5.04. The van der Waals surface area contributed by atoms with Crippen molar-refractivity contribution in [2.45, 2.75) is 26.8 Å². The molecule has 2 rings (SSSR count). The monoisotopic (exact) mass is 314 g/mol. The molecule has 4 heteroatoms. The molecule has 0 radical (unpaired) electrons. The van der Waals surface area contributed by atoms with E-state index in [-0.39, 0.29) is 6.04 Å². The van der Waals surface area contributed by atoms with Crippen molar-refractivity contribution in [2.24, 2.45) is 0 Å². The molecule has 2 N–H and O–H groups in total. The van der Waals surface area contributed by atoms with Gasteiger partial charge in [-0.1, -0.05) is 30.3 Å². The molecule has 1 atom stereocenters. The zero-order valence-electron chi connectivity index (χ0n) is 13.2. The van der Waals surface area contributed by atoms with E-state index < -0.39 is 0 Å². The molecule has 3 nitrogen and oxygen atoms in total. The number of nitrogens with one attached hydrogen (secondary N) is 2. The molecule has 0 amide bonds. The number of benzene rings is 2. The zero-order chi connectivity index (χ0) is 15.9. The molecule has 2 aromatic rings. The van der Waals surface area contributed by atoms with Crippen LogP contribution in [0.25, 0.3) is 0 Å². The van der Waals surface area contributed by atoms with Crippen LogP contribution < -0.4 is 15.4 Å². The molecule has 22 heavy (non-hydrogen) atoms. The first-order chi connectivity index (χ1) is 10.5. The van der Waals surface area contributed by atoms with E-state index in [0.717, 1.165) is 11.4 Å². The Morgan fingerprint density at radius 3 is 2.59 bits per heavy atom. The van der Waals surface area contributed by atoms with Crippen LogP contribution in [0, 0.1) is 13.8 Å². The molecule has 116 valence electrons. The summed E-state index contributed by atoms with van der Waals surface area (Å²) in [5, 5.41) is 7.09. The van der Waals surface area contributed by atoms with Crippen molar-refractivity contribution in [2.75, 3.05) is 11.9 Å². The zero-order valence-corrected chi connectivity index (χ0v) is 14.0. The Hall–Kier alpha value is -2.07. The van der Waals surface area contributed by atoms with Gasteiger partial charge in [-0.2, -0.15) is 0 Å². The third-order valence-electron chi connectivity index (χ3n) is 3.26. The van der Waals surface area contributed by atoms with Crippen molar-refractivity contribution in [1.82, 2.24) is 5.32 Å². The Labute approximate surface area is 137 Å². The van der Waals surface area contributed by atoms with Crippen molar-refractivity contribution in [3.8, 4) is 5.75 Å². The summed E-state index contributed by atoms with van der Waals surface area (Å²) in [5.41, 5.74) is 3.41. The number of ether oxygens (including phenoxy) is 1. The van der Waals surface area contributed by atoms with Crippen molar-refractivity contribution >= 4 is 23.0 Å². The van der Waals surface area contributed by atoms with E-state index in [9.17, 15) is 0 Å². The Kier molecular flexibility index (Phi) is 5.78. The Morgan fingerprint density at radius 2 is 1.86 bits per heavy atom. The van der Waals surface area contributed by atoms with E-state index in [1.54, 1.807) is 0 Å². The van der Waals surface area contributed by atoms with E-state index in [0.29, 0.717) is 11.7 Å². The van der Waals surface area contributed by atoms with Gasteiger partial charge < -0.3 is 15.4 Å². The van der Waals surface area contributed by atoms with Gasteiger partial charge >= 0.3 is 0 Å². The van der Waals surface area contributed by atoms with Crippen molar-refractivity contribution in [3.63, 3.8) is 0 Å². The highest BCUT2D eigenvalue weighted by Gasteiger charge is 2.07. The van der Waals surface area contributed by atoms with Crippen LogP contribution in [-0.2, 0) is 0 Å². The lowest BCUT2D eigenvalue weighted by atomic mass is 10.1. The first-order valence-corrected chi connectivity index (χ1v) is 7.78. The summed E-state index contributed by atoms with van der Waals surface area (Å²) in [6, 6.07) is 16.2. The number of para-hydroxylation sites is 1. The van der Waals surface area contributed by atoms with Crippen LogP contribution in [0.2, 0.25) is 0 Å². The summed E-state index contributed by atoms with van der Waals surface area (Å²) in [5.74, 6) is 0.865. The van der Waals surface area contributed by atoms with Gasteiger partial charge in [0, 0.05) is 5.69 Å². The van der Waals surface area contributed by atoms with Crippen LogP contribution in [0.4, 0.5) is 5.69 Å². The standard InChI is InChI=1S/C18H22N2OS/c1-13-9-10-14(2)17(11-13)20-18(22)19-15(3)12-21-16-7-5-4-6-8-16/h4-11,15H,12H2,1-3H3,(H2,19,20,22)/t15-/m0/s1. The summed E-state index contributed by atoms with van der Waals surface area (Å²) >= 11 is 5.37. The lowest BCUT2D eigenvalue weighted by Gasteiger charge is -2.18. The van der Waals surface area contributed by atoms with Crippen LogP contribution in [0.15, 0.2) is 48.5 Å². The van der Waals surface area contributed by atoms with Crippen LogP contribution in [0.1, 0.15) is 18.1 Å². The second kappa shape index (κ2) is 7.80. The fourth-order valence-corrected chi connectivity index (χ4v) is 2.34. The average molecular weight is 314 g/mol. The Morgan fingerprint density at radius 1 is 1.14 bits per heavy atom. The van der Waals surface area contributed by atoms with Gasteiger partial charge in [0.25, 0.3) is 0 Å². The molecular formula is C18H22N2OS. The first kappa shape index (κ1) is 16.3. The normalized spacial score (nSPS) is 11.6. The van der Waals surface area contributed by atoms with Gasteiger partial charge in [-0.05, 0) is 62.3 Å². The number of hydrogen-bond acceptors (Lipinski definition) is 2. The minimum Gasteiger partial charge on any atom is -0.491 e.